The molecule has 20 heavy (non-hydrogen) atoms. The number of nitrogens with two attached hydrogens (primary N) is 1. The van der Waals surface area contributed by atoms with E-state index in [4.69, 9.17) is 11.0 Å². The van der Waals surface area contributed by atoms with Gasteiger partial charge >= 0.3 is 0 Å². The molecule has 0 radical (unpaired) electrons. The van der Waals surface area contributed by atoms with E-state index in [2.05, 4.69) is 16.0 Å². The van der Waals surface area contributed by atoms with Crippen molar-refractivity contribution in [3.05, 3.63) is 53.3 Å². The second kappa shape index (κ2) is 4.67. The lowest BCUT2D eigenvalue weighted by atomic mass is 10.2. The largest absolute Gasteiger partial charge is 0.369 e. The molecule has 3 aromatic rings. The van der Waals surface area contributed by atoms with Gasteiger partial charge in [-0.25, -0.2) is 4.98 Å². The molecule has 5 nitrogen and oxygen atoms in total. The van der Waals surface area contributed by atoms with Crippen molar-refractivity contribution < 1.29 is 0 Å². The van der Waals surface area contributed by atoms with Crippen molar-refractivity contribution in [3.63, 3.8) is 0 Å². The first kappa shape index (κ1) is 12.2. The van der Waals surface area contributed by atoms with E-state index in [1.165, 1.54) is 0 Å². The fourth-order valence-corrected chi connectivity index (χ4v) is 2.23. The van der Waals surface area contributed by atoms with Crippen LogP contribution in [0.3, 0.4) is 0 Å². The standard InChI is InChI=1S/C15H13N5/c1-10-3-2-4-12(18-10)9-20-14-7-11(8-16)5-6-13(14)19-15(20)17/h2-7H,9H2,1H3,(H2,17,19). The van der Waals surface area contributed by atoms with Crippen LogP contribution in [0.5, 0.6) is 0 Å². The molecular formula is C15H13N5. The van der Waals surface area contributed by atoms with Gasteiger partial charge in [-0.2, -0.15) is 5.26 Å². The van der Waals surface area contributed by atoms with E-state index in [0.717, 1.165) is 22.4 Å². The molecule has 0 unspecified atom stereocenters. The van der Waals surface area contributed by atoms with Crippen molar-refractivity contribution in [2.75, 3.05) is 5.73 Å². The van der Waals surface area contributed by atoms with E-state index < -0.39 is 0 Å². The van der Waals surface area contributed by atoms with Gasteiger partial charge in [-0.15, -0.1) is 0 Å². The number of nitrogens with zero attached hydrogens (tertiary/aromatic N) is 4. The fourth-order valence-electron chi connectivity index (χ4n) is 2.23. The zero-order chi connectivity index (χ0) is 14.1. The maximum absolute atomic E-state index is 9.00. The molecule has 3 rings (SSSR count). The minimum absolute atomic E-state index is 0.429. The third-order valence-electron chi connectivity index (χ3n) is 3.17. The summed E-state index contributed by atoms with van der Waals surface area (Å²) in [5, 5.41) is 9.00. The highest BCUT2D eigenvalue weighted by atomic mass is 15.2. The Bertz CT molecular complexity index is 826. The lowest BCUT2D eigenvalue weighted by Gasteiger charge is -2.06. The van der Waals surface area contributed by atoms with Gasteiger partial charge in [0.05, 0.1) is 34.9 Å². The summed E-state index contributed by atoms with van der Waals surface area (Å²) in [7, 11) is 0. The van der Waals surface area contributed by atoms with Crippen molar-refractivity contribution in [1.29, 1.82) is 5.26 Å². The summed E-state index contributed by atoms with van der Waals surface area (Å²) in [6, 6.07) is 13.3. The number of fused-ring (bicyclic) bond motifs is 1. The summed E-state index contributed by atoms with van der Waals surface area (Å²) in [6.07, 6.45) is 0. The smallest absolute Gasteiger partial charge is 0.201 e. The number of pyridine rings is 1. The van der Waals surface area contributed by atoms with Gasteiger partial charge in [0.2, 0.25) is 5.95 Å². The van der Waals surface area contributed by atoms with Gasteiger partial charge in [-0.1, -0.05) is 6.07 Å². The molecule has 0 saturated carbocycles. The molecule has 0 aliphatic heterocycles. The van der Waals surface area contributed by atoms with Gasteiger partial charge in [0.25, 0.3) is 0 Å². The predicted molar refractivity (Wildman–Crippen MR) is 76.9 cm³/mol. The Hall–Kier alpha value is -2.87. The third-order valence-corrected chi connectivity index (χ3v) is 3.17. The van der Waals surface area contributed by atoms with Crippen LogP contribution in [0.15, 0.2) is 36.4 Å². The Kier molecular flexibility index (Phi) is 2.84. The molecule has 0 amide bonds. The van der Waals surface area contributed by atoms with Gasteiger partial charge in [0.1, 0.15) is 0 Å². The van der Waals surface area contributed by atoms with Crippen LogP contribution in [-0.4, -0.2) is 14.5 Å². The molecule has 98 valence electrons. The number of benzene rings is 1. The van der Waals surface area contributed by atoms with Gasteiger partial charge in [-0.05, 0) is 37.3 Å². The average molecular weight is 263 g/mol. The van der Waals surface area contributed by atoms with Gasteiger partial charge in [0, 0.05) is 5.69 Å². The van der Waals surface area contributed by atoms with E-state index >= 15 is 0 Å². The molecule has 2 heterocycles. The highest BCUT2D eigenvalue weighted by Gasteiger charge is 2.10. The van der Waals surface area contributed by atoms with Gasteiger partial charge in [-0.3, -0.25) is 4.98 Å². The zero-order valence-electron chi connectivity index (χ0n) is 11.0. The lowest BCUT2D eigenvalue weighted by molar-refractivity contribution is 0.804. The molecule has 0 aliphatic rings. The first-order valence-corrected chi connectivity index (χ1v) is 6.26. The molecule has 5 heteroatoms. The summed E-state index contributed by atoms with van der Waals surface area (Å²) < 4.78 is 1.87. The maximum Gasteiger partial charge on any atom is 0.201 e. The molecule has 1 aromatic carbocycles. The van der Waals surface area contributed by atoms with E-state index in [-0.39, 0.29) is 0 Å². The first-order valence-electron chi connectivity index (χ1n) is 6.26. The minimum Gasteiger partial charge on any atom is -0.369 e. The number of hydrogen-bond acceptors (Lipinski definition) is 4. The number of nitrogen functional groups attached to an aromatic ring is 1. The van der Waals surface area contributed by atoms with Crippen molar-refractivity contribution in [2.24, 2.45) is 0 Å². The van der Waals surface area contributed by atoms with Crippen LogP contribution >= 0.6 is 0 Å². The van der Waals surface area contributed by atoms with Crippen molar-refractivity contribution in [1.82, 2.24) is 14.5 Å². The Morgan fingerprint density at radius 3 is 2.85 bits per heavy atom. The van der Waals surface area contributed by atoms with E-state index in [1.807, 2.05) is 35.8 Å². The molecule has 2 aromatic heterocycles. The highest BCUT2D eigenvalue weighted by Crippen LogP contribution is 2.20. The van der Waals surface area contributed by atoms with Crippen molar-refractivity contribution in [2.45, 2.75) is 13.5 Å². The third kappa shape index (κ3) is 2.08. The second-order valence-electron chi connectivity index (χ2n) is 4.64. The maximum atomic E-state index is 9.00. The summed E-state index contributed by atoms with van der Waals surface area (Å²) >= 11 is 0. The molecule has 0 bridgehead atoms. The number of aromatic nitrogens is 3. The number of hydrogen-bond donors (Lipinski definition) is 1. The molecule has 0 atom stereocenters. The van der Waals surface area contributed by atoms with Crippen LogP contribution in [0, 0.1) is 18.3 Å². The summed E-state index contributed by atoms with van der Waals surface area (Å²) in [4.78, 5) is 8.78. The Morgan fingerprint density at radius 2 is 2.10 bits per heavy atom. The minimum atomic E-state index is 0.429. The van der Waals surface area contributed by atoms with E-state index in [0.29, 0.717) is 18.1 Å². The van der Waals surface area contributed by atoms with Crippen LogP contribution in [0.25, 0.3) is 11.0 Å². The van der Waals surface area contributed by atoms with Crippen LogP contribution in [-0.2, 0) is 6.54 Å². The van der Waals surface area contributed by atoms with E-state index in [1.54, 1.807) is 12.1 Å². The highest BCUT2D eigenvalue weighted by molar-refractivity contribution is 5.79. The first-order chi connectivity index (χ1) is 9.67. The van der Waals surface area contributed by atoms with Crippen LogP contribution in [0.4, 0.5) is 5.95 Å². The Balaban J connectivity index is 2.11. The molecule has 0 saturated heterocycles. The average Bonchev–Trinajstić information content (AvgIpc) is 2.74. The van der Waals surface area contributed by atoms with Crippen LogP contribution in [0.2, 0.25) is 0 Å². The zero-order valence-corrected chi connectivity index (χ0v) is 11.0. The van der Waals surface area contributed by atoms with Crippen molar-refractivity contribution in [3.8, 4) is 6.07 Å². The Morgan fingerprint density at radius 1 is 1.25 bits per heavy atom. The quantitative estimate of drug-likeness (QED) is 0.768. The summed E-state index contributed by atoms with van der Waals surface area (Å²) in [5.74, 6) is 0.429. The van der Waals surface area contributed by atoms with Crippen molar-refractivity contribution >= 4 is 17.0 Å². The molecule has 0 fully saturated rings. The SMILES string of the molecule is Cc1cccc(Cn2c(N)nc3ccc(C#N)cc32)n1. The lowest BCUT2D eigenvalue weighted by Crippen LogP contribution is -2.06. The fraction of sp³-hybridized carbons (Fsp3) is 0.133. The van der Waals surface area contributed by atoms with E-state index in [9.17, 15) is 0 Å². The normalized spacial score (nSPS) is 10.6. The van der Waals surface area contributed by atoms with Gasteiger partial charge < -0.3 is 10.3 Å². The van der Waals surface area contributed by atoms with Gasteiger partial charge in [0.15, 0.2) is 0 Å². The van der Waals surface area contributed by atoms with Crippen LogP contribution in [0.1, 0.15) is 17.0 Å². The number of anilines is 1. The molecular weight excluding hydrogens is 250 g/mol. The Labute approximate surface area is 116 Å². The second-order valence-corrected chi connectivity index (χ2v) is 4.64. The molecule has 2 N–H and O–H groups in total. The summed E-state index contributed by atoms with van der Waals surface area (Å²) in [6.45, 7) is 2.49. The molecule has 0 spiro atoms. The predicted octanol–water partition coefficient (Wildman–Crippen LogP) is 2.24. The number of rotatable bonds is 2. The number of nitriles is 1. The summed E-state index contributed by atoms with van der Waals surface area (Å²) in [5.41, 5.74) is 10.1. The number of imidazole rings is 1. The van der Waals surface area contributed by atoms with Crippen LogP contribution < -0.4 is 5.73 Å². The topological polar surface area (TPSA) is 80.5 Å². The number of aryl methyl sites for hydroxylation is 1. The molecule has 0 aliphatic carbocycles. The monoisotopic (exact) mass is 263 g/mol.